The second-order valence-electron chi connectivity index (χ2n) is 6.86. The highest BCUT2D eigenvalue weighted by molar-refractivity contribution is 8.28. The van der Waals surface area contributed by atoms with Crippen molar-refractivity contribution >= 4 is 50.8 Å². The van der Waals surface area contributed by atoms with Crippen molar-refractivity contribution in [1.29, 1.82) is 0 Å². The lowest BCUT2D eigenvalue weighted by Crippen LogP contribution is -2.15. The lowest BCUT2D eigenvalue weighted by molar-refractivity contribution is -0.115. The summed E-state index contributed by atoms with van der Waals surface area (Å²) in [5.41, 5.74) is 2.12. The fraction of sp³-hybridized carbons (Fsp3) is 0.0455. The zero-order valence-electron chi connectivity index (χ0n) is 16.9. The summed E-state index contributed by atoms with van der Waals surface area (Å²) in [6.45, 7) is 1.34. The van der Waals surface area contributed by atoms with E-state index in [9.17, 15) is 19.0 Å². The fourth-order valence-corrected chi connectivity index (χ4v) is 4.01. The second-order valence-corrected chi connectivity index (χ2v) is 8.63. The molecule has 1 amide bonds. The average molecular weight is 451 g/mol. The van der Waals surface area contributed by atoms with Crippen LogP contribution in [0.1, 0.15) is 6.92 Å². The Morgan fingerprint density at radius 3 is 2.38 bits per heavy atom. The fourth-order valence-electron chi connectivity index (χ4n) is 2.96. The van der Waals surface area contributed by atoms with E-state index in [-0.39, 0.29) is 28.2 Å². The molecule has 1 heterocycles. The number of carbonyl (C=O) groups excluding carboxylic acids is 1. The van der Waals surface area contributed by atoms with Gasteiger partial charge in [-0.15, -0.1) is 0 Å². The van der Waals surface area contributed by atoms with Gasteiger partial charge < -0.3 is 10.4 Å². The van der Waals surface area contributed by atoms with Crippen LogP contribution in [0, 0.1) is 6.42 Å². The van der Waals surface area contributed by atoms with Crippen molar-refractivity contribution in [3.05, 3.63) is 78.1 Å². The monoisotopic (exact) mass is 450 g/mol. The maximum atomic E-state index is 11.1. The van der Waals surface area contributed by atoms with Gasteiger partial charge in [0.05, 0.1) is 35.7 Å². The largest absolute Gasteiger partial charge is 0.508 e. The Bertz CT molecular complexity index is 1290. The van der Waals surface area contributed by atoms with Crippen LogP contribution in [0.4, 0.5) is 17.3 Å². The average Bonchev–Trinajstić information content (AvgIpc) is 2.74. The van der Waals surface area contributed by atoms with Crippen LogP contribution in [-0.2, 0) is 4.79 Å². The van der Waals surface area contributed by atoms with Gasteiger partial charge in [0, 0.05) is 18.7 Å². The number of para-hydroxylation sites is 2. The number of aromatic nitrogens is 2. The van der Waals surface area contributed by atoms with Gasteiger partial charge in [0.25, 0.3) is 0 Å². The first-order chi connectivity index (χ1) is 15.3. The number of hydrogen-bond acceptors (Lipinski definition) is 8. The molecule has 0 aliphatic heterocycles. The molecule has 162 valence electrons. The second kappa shape index (κ2) is 8.71. The van der Waals surface area contributed by atoms with Gasteiger partial charge in [-0.3, -0.25) is 13.9 Å². The number of phenols is 1. The third-order valence-corrected chi connectivity index (χ3v) is 5.78. The maximum Gasteiger partial charge on any atom is 0.245 e. The van der Waals surface area contributed by atoms with Crippen LogP contribution in [0.2, 0.25) is 0 Å². The van der Waals surface area contributed by atoms with E-state index in [0.717, 1.165) is 0 Å². The molecule has 1 aromatic heterocycles. The summed E-state index contributed by atoms with van der Waals surface area (Å²) in [4.78, 5) is 24.2. The minimum Gasteiger partial charge on any atom is -0.508 e. The van der Waals surface area contributed by atoms with Crippen LogP contribution < -0.4 is 10.0 Å². The first-order valence-corrected chi connectivity index (χ1v) is 11.1. The highest BCUT2D eigenvalue weighted by Gasteiger charge is 2.28. The Balaban J connectivity index is 1.67. The number of phenolic OH excluding ortho intramolecular Hbond substituents is 1. The SMILES string of the molecule is CC(=O)N=C1C=CC(S(O)(O)Nc2nc3ccccc3nc2Nc2cccc(O)c2)=C[CH+]1. The van der Waals surface area contributed by atoms with Gasteiger partial charge in [0.1, 0.15) is 5.75 Å². The van der Waals surface area contributed by atoms with E-state index < -0.39 is 10.8 Å². The van der Waals surface area contributed by atoms with Crippen LogP contribution in [0.5, 0.6) is 5.75 Å². The molecule has 0 unspecified atom stereocenters. The van der Waals surface area contributed by atoms with E-state index in [1.807, 2.05) is 6.07 Å². The third kappa shape index (κ3) is 4.89. The molecule has 1 aliphatic carbocycles. The topological polar surface area (TPSA) is 140 Å². The normalized spacial score (nSPS) is 15.2. The van der Waals surface area contributed by atoms with Gasteiger partial charge >= 0.3 is 0 Å². The highest BCUT2D eigenvalue weighted by atomic mass is 32.3. The molecule has 0 saturated carbocycles. The van der Waals surface area contributed by atoms with Crippen molar-refractivity contribution in [3.63, 3.8) is 0 Å². The van der Waals surface area contributed by atoms with Gasteiger partial charge in [-0.2, -0.15) is 4.99 Å². The molecule has 0 saturated heterocycles. The van der Waals surface area contributed by atoms with E-state index in [1.54, 1.807) is 30.3 Å². The number of anilines is 3. The van der Waals surface area contributed by atoms with Gasteiger partial charge in [0.15, 0.2) is 22.3 Å². The molecule has 0 atom stereocenters. The van der Waals surface area contributed by atoms with E-state index in [1.165, 1.54) is 43.7 Å². The number of nitrogens with zero attached hydrogens (tertiary/aromatic N) is 3. The highest BCUT2D eigenvalue weighted by Crippen LogP contribution is 2.49. The smallest absolute Gasteiger partial charge is 0.245 e. The van der Waals surface area contributed by atoms with Crippen molar-refractivity contribution < 1.29 is 19.0 Å². The molecule has 0 radical (unpaired) electrons. The standard InChI is InChI=1S/C22H19N5O4S/c1-14(28)23-15-9-11-18(12-10-15)32(30,31)27-22-21(24-16-5-4-6-17(29)13-16)25-19-7-2-3-8-20(19)26-22/h2-13H,1H3,(H4-,24,25,26,27,29,30,31)/p+1. The number of fused-ring (bicyclic) bond motifs is 1. The van der Waals surface area contributed by atoms with Crippen LogP contribution in [0.15, 0.2) is 76.7 Å². The molecule has 0 bridgehead atoms. The zero-order valence-corrected chi connectivity index (χ0v) is 17.7. The number of nitrogens with one attached hydrogen (secondary N) is 2. The zero-order chi connectivity index (χ0) is 22.7. The minimum absolute atomic E-state index is 0.0682. The quantitative estimate of drug-likeness (QED) is 0.349. The lowest BCUT2D eigenvalue weighted by atomic mass is 10.1. The Labute approximate surface area is 185 Å². The number of carbonyl (C=O) groups is 1. The van der Waals surface area contributed by atoms with Crippen molar-refractivity contribution in [2.75, 3.05) is 10.0 Å². The van der Waals surface area contributed by atoms with Crippen molar-refractivity contribution in [3.8, 4) is 5.75 Å². The summed E-state index contributed by atoms with van der Waals surface area (Å²) in [5, 5.41) is 12.8. The number of benzene rings is 2. The maximum absolute atomic E-state index is 11.1. The summed E-state index contributed by atoms with van der Waals surface area (Å²) in [7, 11) is -3.52. The number of hydrogen-bond donors (Lipinski definition) is 5. The molecule has 3 aromatic rings. The lowest BCUT2D eigenvalue weighted by Gasteiger charge is -2.31. The van der Waals surface area contributed by atoms with Crippen LogP contribution >= 0.6 is 10.8 Å². The molecule has 9 nitrogen and oxygen atoms in total. The first kappa shape index (κ1) is 21.4. The summed E-state index contributed by atoms with van der Waals surface area (Å²) in [6.07, 6.45) is 5.98. The van der Waals surface area contributed by atoms with Gasteiger partial charge in [0.2, 0.25) is 5.91 Å². The number of aromatic hydroxyl groups is 1. The van der Waals surface area contributed by atoms with Gasteiger partial charge in [-0.05, 0) is 35.0 Å². The number of allylic oxidation sites excluding steroid dienone is 3. The van der Waals surface area contributed by atoms with Gasteiger partial charge in [-0.1, -0.05) is 18.2 Å². The van der Waals surface area contributed by atoms with E-state index in [2.05, 4.69) is 25.0 Å². The van der Waals surface area contributed by atoms with Crippen LogP contribution in [0.25, 0.3) is 11.0 Å². The molecule has 0 fully saturated rings. The van der Waals surface area contributed by atoms with Crippen molar-refractivity contribution in [1.82, 2.24) is 9.97 Å². The first-order valence-electron chi connectivity index (χ1n) is 9.51. The van der Waals surface area contributed by atoms with Crippen LogP contribution in [0.3, 0.4) is 0 Å². The molecule has 1 aliphatic rings. The Hall–Kier alpha value is -3.86. The van der Waals surface area contributed by atoms with E-state index in [0.29, 0.717) is 22.4 Å². The minimum atomic E-state index is -3.52. The third-order valence-electron chi connectivity index (χ3n) is 4.37. The molecular weight excluding hydrogens is 430 g/mol. The number of rotatable bonds is 5. The summed E-state index contributed by atoms with van der Waals surface area (Å²) in [5.74, 6) is 0.0808. The Morgan fingerprint density at radius 2 is 1.75 bits per heavy atom. The van der Waals surface area contributed by atoms with Crippen molar-refractivity contribution in [2.45, 2.75) is 6.92 Å². The predicted octanol–water partition coefficient (Wildman–Crippen LogP) is 4.80. The van der Waals surface area contributed by atoms with Crippen molar-refractivity contribution in [2.24, 2.45) is 4.99 Å². The molecule has 10 heteroatoms. The predicted molar refractivity (Wildman–Crippen MR) is 127 cm³/mol. The molecule has 2 aromatic carbocycles. The number of amides is 1. The summed E-state index contributed by atoms with van der Waals surface area (Å²) < 4.78 is 24.3. The summed E-state index contributed by atoms with van der Waals surface area (Å²) in [6, 6.07) is 13.6. The Morgan fingerprint density at radius 1 is 1.03 bits per heavy atom. The molecule has 32 heavy (non-hydrogen) atoms. The summed E-state index contributed by atoms with van der Waals surface area (Å²) >= 11 is 0. The van der Waals surface area contributed by atoms with E-state index >= 15 is 0 Å². The van der Waals surface area contributed by atoms with E-state index in [4.69, 9.17) is 0 Å². The Kier molecular flexibility index (Phi) is 5.82. The molecule has 0 spiro atoms. The molecule has 4 rings (SSSR count). The van der Waals surface area contributed by atoms with Crippen LogP contribution in [-0.4, -0.2) is 35.8 Å². The molecule has 5 N–H and O–H groups in total. The number of aliphatic imine (C=N–C) groups is 1. The molecular formula is C22H20N5O4S+. The van der Waals surface area contributed by atoms with Gasteiger partial charge in [-0.25, -0.2) is 14.7 Å².